The highest BCUT2D eigenvalue weighted by Gasteiger charge is 2.36. The number of nitrogens with one attached hydrogen (secondary N) is 1. The monoisotopic (exact) mass is 167 g/mol. The van der Waals surface area contributed by atoms with Gasteiger partial charge in [-0.2, -0.15) is 0 Å². The summed E-state index contributed by atoms with van der Waals surface area (Å²) in [5, 5.41) is 3.79. The number of fused-ring (bicyclic) bond motifs is 2. The Balaban J connectivity index is 0.000000405. The summed E-state index contributed by atoms with van der Waals surface area (Å²) in [7, 11) is -0.473. The quantitative estimate of drug-likeness (QED) is 0.546. The van der Waals surface area contributed by atoms with Crippen LogP contribution in [0.4, 0.5) is 0 Å². The third-order valence-corrected chi connectivity index (χ3v) is 3.75. The van der Waals surface area contributed by atoms with Crippen molar-refractivity contribution in [3.63, 3.8) is 0 Å². The Morgan fingerprint density at radius 3 is 2.56 bits per heavy atom. The van der Waals surface area contributed by atoms with E-state index < -0.39 is 10.8 Å². The highest BCUT2D eigenvalue weighted by Crippen LogP contribution is 2.21. The van der Waals surface area contributed by atoms with Gasteiger partial charge in [-0.25, -0.2) is 0 Å². The molecule has 0 aromatic rings. The van der Waals surface area contributed by atoms with Crippen molar-refractivity contribution < 1.29 is 4.21 Å². The van der Waals surface area contributed by atoms with Crippen molar-refractivity contribution in [2.24, 2.45) is 0 Å². The first kappa shape index (κ1) is 7.51. The number of hydrogen-bond donors (Lipinski definition) is 1. The number of rotatable bonds is 0. The third-order valence-electron chi connectivity index (χ3n) is 1.92. The predicted octanol–water partition coefficient (Wildman–Crippen LogP) is -0.0990. The molecule has 54 valence electrons. The van der Waals surface area contributed by atoms with Gasteiger partial charge in [0.05, 0.1) is 0 Å². The van der Waals surface area contributed by atoms with Crippen molar-refractivity contribution in [1.29, 1.82) is 0 Å². The van der Waals surface area contributed by atoms with E-state index in [9.17, 15) is 4.21 Å². The van der Waals surface area contributed by atoms with Gasteiger partial charge in [0.1, 0.15) is 0 Å². The van der Waals surface area contributed by atoms with Gasteiger partial charge >= 0.3 is 0 Å². The molecule has 2 fully saturated rings. The Kier molecular flexibility index (Phi) is 2.14. The Labute approximate surface area is 63.3 Å². The average Bonchev–Trinajstić information content (AvgIpc) is 2.23. The molecule has 0 amide bonds. The zero-order valence-electron chi connectivity index (χ0n) is 5.00. The van der Waals surface area contributed by atoms with Gasteiger partial charge in [0, 0.05) is 34.4 Å². The van der Waals surface area contributed by atoms with E-state index in [1.807, 2.05) is 0 Å². The first-order chi connectivity index (χ1) is 3.86. The van der Waals surface area contributed by atoms with Gasteiger partial charge in [-0.1, -0.05) is 0 Å². The zero-order chi connectivity index (χ0) is 5.56. The van der Waals surface area contributed by atoms with Gasteiger partial charge in [-0.05, 0) is 6.42 Å². The first-order valence-electron chi connectivity index (χ1n) is 2.97. The standard InChI is InChI=1S/C5H9NOS.ClH/c7-8-3-4-1-5(8)2-6-4;/h4-6H,1-3H2;1H. The maximum atomic E-state index is 10.9. The Morgan fingerprint density at radius 1 is 1.56 bits per heavy atom. The van der Waals surface area contributed by atoms with E-state index in [0.29, 0.717) is 11.3 Å². The molecule has 4 heteroatoms. The lowest BCUT2D eigenvalue weighted by atomic mass is 10.3. The van der Waals surface area contributed by atoms with Crippen LogP contribution in [0.25, 0.3) is 0 Å². The van der Waals surface area contributed by atoms with E-state index >= 15 is 0 Å². The van der Waals surface area contributed by atoms with Crippen molar-refractivity contribution in [1.82, 2.24) is 5.32 Å². The molecule has 3 atom stereocenters. The van der Waals surface area contributed by atoms with E-state index in [4.69, 9.17) is 0 Å². The van der Waals surface area contributed by atoms with Crippen LogP contribution in [0.1, 0.15) is 6.42 Å². The molecule has 2 nitrogen and oxygen atoms in total. The summed E-state index contributed by atoms with van der Waals surface area (Å²) in [4.78, 5) is 0. The molecule has 3 unspecified atom stereocenters. The van der Waals surface area contributed by atoms with Crippen LogP contribution in [0.3, 0.4) is 0 Å². The summed E-state index contributed by atoms with van der Waals surface area (Å²) >= 11 is 0. The lowest BCUT2D eigenvalue weighted by Gasteiger charge is -2.08. The van der Waals surface area contributed by atoms with Gasteiger partial charge in [-0.3, -0.25) is 4.21 Å². The Hall–Kier alpha value is 0.400. The fourth-order valence-electron chi connectivity index (χ4n) is 1.44. The summed E-state index contributed by atoms with van der Waals surface area (Å²) in [5.74, 6) is 0.907. The van der Waals surface area contributed by atoms with E-state index in [1.54, 1.807) is 0 Å². The number of hydrogen-bond acceptors (Lipinski definition) is 2. The lowest BCUT2D eigenvalue weighted by molar-refractivity contribution is 0.648. The molecular formula is C5H10ClNOS. The Morgan fingerprint density at radius 2 is 2.33 bits per heavy atom. The van der Waals surface area contributed by atoms with Gasteiger partial charge < -0.3 is 5.32 Å². The molecule has 2 rings (SSSR count). The molecule has 0 aliphatic carbocycles. The molecule has 0 saturated carbocycles. The zero-order valence-corrected chi connectivity index (χ0v) is 6.63. The summed E-state index contributed by atoms with van der Waals surface area (Å²) in [5.41, 5.74) is 0. The summed E-state index contributed by atoms with van der Waals surface area (Å²) in [6, 6.07) is 0.598. The molecule has 0 radical (unpaired) electrons. The SMILES string of the molecule is Cl.O=S1CC2CC1CN2. The fourth-order valence-corrected chi connectivity index (χ4v) is 3.10. The van der Waals surface area contributed by atoms with Crippen LogP contribution in [-0.4, -0.2) is 27.8 Å². The largest absolute Gasteiger partial charge is 0.312 e. The second-order valence-corrected chi connectivity index (χ2v) is 4.27. The van der Waals surface area contributed by atoms with Crippen LogP contribution >= 0.6 is 12.4 Å². The molecule has 1 N–H and O–H groups in total. The van der Waals surface area contributed by atoms with Crippen LogP contribution in [0, 0.1) is 0 Å². The molecule has 9 heavy (non-hydrogen) atoms. The second-order valence-electron chi connectivity index (χ2n) is 2.51. The maximum absolute atomic E-state index is 10.9. The van der Waals surface area contributed by atoms with Gasteiger partial charge in [0.2, 0.25) is 0 Å². The highest BCUT2D eigenvalue weighted by molar-refractivity contribution is 7.86. The van der Waals surface area contributed by atoms with Crippen molar-refractivity contribution in [2.45, 2.75) is 17.7 Å². The van der Waals surface area contributed by atoms with Crippen molar-refractivity contribution >= 4 is 23.2 Å². The molecule has 2 aliphatic rings. The molecule has 2 bridgehead atoms. The lowest BCUT2D eigenvalue weighted by Crippen LogP contribution is -2.32. The topological polar surface area (TPSA) is 29.1 Å². The highest BCUT2D eigenvalue weighted by atomic mass is 35.5. The van der Waals surface area contributed by atoms with Crippen LogP contribution in [-0.2, 0) is 10.8 Å². The smallest absolute Gasteiger partial charge is 0.0488 e. The minimum Gasteiger partial charge on any atom is -0.312 e. The summed E-state index contributed by atoms with van der Waals surface area (Å²) in [6.45, 7) is 0.997. The molecule has 2 saturated heterocycles. The molecule has 0 aromatic heterocycles. The van der Waals surface area contributed by atoms with Crippen LogP contribution in [0.5, 0.6) is 0 Å². The first-order valence-corrected chi connectivity index (χ1v) is 4.35. The van der Waals surface area contributed by atoms with Crippen LogP contribution < -0.4 is 5.32 Å². The molecule has 2 aliphatic heterocycles. The summed E-state index contributed by atoms with van der Waals surface area (Å²) in [6.07, 6.45) is 1.16. The van der Waals surface area contributed by atoms with Gasteiger partial charge in [-0.15, -0.1) is 12.4 Å². The molecule has 0 aromatic carbocycles. The molecular weight excluding hydrogens is 158 g/mol. The second kappa shape index (κ2) is 2.56. The average molecular weight is 168 g/mol. The van der Waals surface area contributed by atoms with E-state index in [-0.39, 0.29) is 12.4 Å². The molecule has 0 spiro atoms. The maximum Gasteiger partial charge on any atom is 0.0488 e. The Bertz CT molecular complexity index is 141. The van der Waals surface area contributed by atoms with Crippen LogP contribution in [0.2, 0.25) is 0 Å². The van der Waals surface area contributed by atoms with Crippen molar-refractivity contribution in [2.75, 3.05) is 12.3 Å². The van der Waals surface area contributed by atoms with Crippen molar-refractivity contribution in [3.05, 3.63) is 0 Å². The minimum absolute atomic E-state index is 0. The van der Waals surface area contributed by atoms with Gasteiger partial charge in [0.15, 0.2) is 0 Å². The van der Waals surface area contributed by atoms with E-state index in [1.165, 1.54) is 0 Å². The third kappa shape index (κ3) is 1.14. The fraction of sp³-hybridized carbons (Fsp3) is 1.00. The summed E-state index contributed by atoms with van der Waals surface area (Å²) < 4.78 is 10.9. The van der Waals surface area contributed by atoms with E-state index in [0.717, 1.165) is 18.7 Å². The van der Waals surface area contributed by atoms with Crippen molar-refractivity contribution in [3.8, 4) is 0 Å². The van der Waals surface area contributed by atoms with Crippen LogP contribution in [0.15, 0.2) is 0 Å². The van der Waals surface area contributed by atoms with Gasteiger partial charge in [0.25, 0.3) is 0 Å². The normalized spacial score (nSPS) is 46.9. The molecule has 2 heterocycles. The predicted molar refractivity (Wildman–Crippen MR) is 40.5 cm³/mol. The van der Waals surface area contributed by atoms with E-state index in [2.05, 4.69) is 5.32 Å². The number of halogens is 1. The minimum atomic E-state index is -0.473.